The molecule has 0 atom stereocenters. The van der Waals surface area contributed by atoms with Crippen molar-refractivity contribution in [3.8, 4) is 0 Å². The fourth-order valence-electron chi connectivity index (χ4n) is 2.45. The molecular weight excluding hydrogens is 280 g/mol. The molecule has 0 aliphatic heterocycles. The number of rotatable bonds is 3. The third-order valence-electron chi connectivity index (χ3n) is 3.57. The number of anilines is 1. The molecule has 1 N–H and O–H groups in total. The van der Waals surface area contributed by atoms with Gasteiger partial charge in [0.05, 0.1) is 5.69 Å². The molecule has 0 spiro atoms. The van der Waals surface area contributed by atoms with Crippen LogP contribution in [0.15, 0.2) is 83.9 Å². The molecule has 2 heteroatoms. The maximum absolute atomic E-state index is 4.82. The second kappa shape index (κ2) is 6.93. The van der Waals surface area contributed by atoms with E-state index < -0.39 is 0 Å². The fourth-order valence-corrected chi connectivity index (χ4v) is 2.45. The number of aliphatic imine (C=N–C) groups is 1. The normalized spacial score (nSPS) is 11.3. The number of aryl methyl sites for hydroxylation is 2. The molecule has 0 aromatic heterocycles. The summed E-state index contributed by atoms with van der Waals surface area (Å²) in [5.41, 5.74) is 5.48. The zero-order valence-electron chi connectivity index (χ0n) is 13.5. The summed E-state index contributed by atoms with van der Waals surface area (Å²) < 4.78 is 0. The smallest absolute Gasteiger partial charge is 0.138 e. The van der Waals surface area contributed by atoms with Crippen molar-refractivity contribution in [3.05, 3.63) is 95.6 Å². The first kappa shape index (κ1) is 15.0. The highest BCUT2D eigenvalue weighted by molar-refractivity contribution is 6.09. The Morgan fingerprint density at radius 3 is 2.13 bits per heavy atom. The van der Waals surface area contributed by atoms with E-state index in [1.165, 1.54) is 11.1 Å². The van der Waals surface area contributed by atoms with Crippen LogP contribution in [-0.4, -0.2) is 5.84 Å². The van der Waals surface area contributed by atoms with E-state index in [1.807, 2.05) is 36.4 Å². The Hall–Kier alpha value is -2.87. The summed E-state index contributed by atoms with van der Waals surface area (Å²) in [6.07, 6.45) is 0. The van der Waals surface area contributed by atoms with Gasteiger partial charge >= 0.3 is 0 Å². The largest absolute Gasteiger partial charge is 0.340 e. The van der Waals surface area contributed by atoms with Crippen molar-refractivity contribution in [2.24, 2.45) is 4.99 Å². The maximum Gasteiger partial charge on any atom is 0.138 e. The van der Waals surface area contributed by atoms with Gasteiger partial charge in [0, 0.05) is 11.3 Å². The Morgan fingerprint density at radius 2 is 1.43 bits per heavy atom. The lowest BCUT2D eigenvalue weighted by Crippen LogP contribution is -2.13. The summed E-state index contributed by atoms with van der Waals surface area (Å²) in [7, 11) is 0. The lowest BCUT2D eigenvalue weighted by Gasteiger charge is -2.11. The van der Waals surface area contributed by atoms with E-state index in [2.05, 4.69) is 61.6 Å². The fraction of sp³-hybridized carbons (Fsp3) is 0.0952. The zero-order chi connectivity index (χ0) is 16.1. The number of nitrogens with one attached hydrogen (secondary N) is 1. The van der Waals surface area contributed by atoms with Crippen molar-refractivity contribution in [1.29, 1.82) is 0 Å². The molecule has 3 aromatic carbocycles. The Balaban J connectivity index is 2.00. The summed E-state index contributed by atoms with van der Waals surface area (Å²) in [6, 6.07) is 26.7. The van der Waals surface area contributed by atoms with E-state index in [-0.39, 0.29) is 0 Å². The molecule has 0 radical (unpaired) electrons. The Kier molecular flexibility index (Phi) is 4.53. The molecule has 23 heavy (non-hydrogen) atoms. The molecule has 0 saturated carbocycles. The van der Waals surface area contributed by atoms with E-state index in [9.17, 15) is 0 Å². The van der Waals surface area contributed by atoms with Gasteiger partial charge < -0.3 is 5.32 Å². The molecule has 3 rings (SSSR count). The van der Waals surface area contributed by atoms with Gasteiger partial charge in [0.1, 0.15) is 5.84 Å². The maximum atomic E-state index is 4.82. The quantitative estimate of drug-likeness (QED) is 0.501. The molecule has 0 aliphatic rings. The lowest BCUT2D eigenvalue weighted by atomic mass is 10.1. The first-order valence-electron chi connectivity index (χ1n) is 7.75. The number of nitrogens with zero attached hydrogens (tertiary/aromatic N) is 1. The molecule has 0 unspecified atom stereocenters. The van der Waals surface area contributed by atoms with Crippen molar-refractivity contribution in [2.45, 2.75) is 13.8 Å². The van der Waals surface area contributed by atoms with Crippen LogP contribution in [-0.2, 0) is 0 Å². The van der Waals surface area contributed by atoms with Gasteiger partial charge in [0.25, 0.3) is 0 Å². The second-order valence-electron chi connectivity index (χ2n) is 5.66. The van der Waals surface area contributed by atoms with Crippen LogP contribution in [0.3, 0.4) is 0 Å². The van der Waals surface area contributed by atoms with Crippen molar-refractivity contribution >= 4 is 17.2 Å². The Labute approximate surface area is 137 Å². The average Bonchev–Trinajstić information content (AvgIpc) is 2.55. The Bertz CT molecular complexity index is 820. The first-order valence-corrected chi connectivity index (χ1v) is 7.75. The molecule has 0 saturated heterocycles. The standard InChI is InChI=1S/C21H20N2/c1-16-8-6-12-19(14-16)22-21(18-10-4-3-5-11-18)23-20-13-7-9-17(2)15-20/h3-15H,1-2H3,(H,22,23). The summed E-state index contributed by atoms with van der Waals surface area (Å²) in [5, 5.41) is 3.45. The molecule has 0 fully saturated rings. The predicted molar refractivity (Wildman–Crippen MR) is 98.6 cm³/mol. The molecule has 0 aliphatic carbocycles. The monoisotopic (exact) mass is 300 g/mol. The lowest BCUT2D eigenvalue weighted by molar-refractivity contribution is 1.40. The van der Waals surface area contributed by atoms with Gasteiger partial charge in [0.2, 0.25) is 0 Å². The zero-order valence-corrected chi connectivity index (χ0v) is 13.5. The summed E-state index contributed by atoms with van der Waals surface area (Å²) in [6.45, 7) is 4.17. The molecule has 0 amide bonds. The number of hydrogen-bond acceptors (Lipinski definition) is 1. The number of hydrogen-bond donors (Lipinski definition) is 1. The highest BCUT2D eigenvalue weighted by Crippen LogP contribution is 2.18. The van der Waals surface area contributed by atoms with E-state index in [0.29, 0.717) is 0 Å². The highest BCUT2D eigenvalue weighted by Gasteiger charge is 2.05. The third kappa shape index (κ3) is 4.07. The van der Waals surface area contributed by atoms with Crippen LogP contribution in [0.5, 0.6) is 0 Å². The first-order chi connectivity index (χ1) is 11.2. The van der Waals surface area contributed by atoms with E-state index in [0.717, 1.165) is 22.8 Å². The number of amidine groups is 1. The van der Waals surface area contributed by atoms with Crippen LogP contribution in [0.2, 0.25) is 0 Å². The van der Waals surface area contributed by atoms with E-state index in [4.69, 9.17) is 4.99 Å². The van der Waals surface area contributed by atoms with Crippen molar-refractivity contribution in [3.63, 3.8) is 0 Å². The SMILES string of the molecule is Cc1cccc(N=C(Nc2cccc(C)c2)c2ccccc2)c1. The van der Waals surface area contributed by atoms with Gasteiger partial charge in [-0.25, -0.2) is 4.99 Å². The van der Waals surface area contributed by atoms with Crippen molar-refractivity contribution < 1.29 is 0 Å². The minimum atomic E-state index is 0.849. The molecule has 0 bridgehead atoms. The van der Waals surface area contributed by atoms with Crippen molar-refractivity contribution in [2.75, 3.05) is 5.32 Å². The van der Waals surface area contributed by atoms with Gasteiger partial charge in [-0.3, -0.25) is 0 Å². The van der Waals surface area contributed by atoms with Crippen LogP contribution in [0.4, 0.5) is 11.4 Å². The van der Waals surface area contributed by atoms with Crippen LogP contribution in [0.1, 0.15) is 16.7 Å². The molecule has 2 nitrogen and oxygen atoms in total. The number of benzene rings is 3. The molecule has 114 valence electrons. The van der Waals surface area contributed by atoms with Crippen LogP contribution < -0.4 is 5.32 Å². The topological polar surface area (TPSA) is 24.4 Å². The molecule has 0 heterocycles. The van der Waals surface area contributed by atoms with Gasteiger partial charge in [-0.1, -0.05) is 54.6 Å². The van der Waals surface area contributed by atoms with Gasteiger partial charge in [-0.05, 0) is 49.2 Å². The highest BCUT2D eigenvalue weighted by atomic mass is 15.0. The van der Waals surface area contributed by atoms with E-state index in [1.54, 1.807) is 0 Å². The van der Waals surface area contributed by atoms with Gasteiger partial charge in [-0.2, -0.15) is 0 Å². The van der Waals surface area contributed by atoms with Crippen molar-refractivity contribution in [1.82, 2.24) is 0 Å². The van der Waals surface area contributed by atoms with Crippen LogP contribution in [0.25, 0.3) is 0 Å². The minimum absolute atomic E-state index is 0.849. The summed E-state index contributed by atoms with van der Waals surface area (Å²) >= 11 is 0. The van der Waals surface area contributed by atoms with E-state index >= 15 is 0 Å². The van der Waals surface area contributed by atoms with Crippen LogP contribution >= 0.6 is 0 Å². The molecular formula is C21H20N2. The van der Waals surface area contributed by atoms with Gasteiger partial charge in [0.15, 0.2) is 0 Å². The minimum Gasteiger partial charge on any atom is -0.340 e. The van der Waals surface area contributed by atoms with Gasteiger partial charge in [-0.15, -0.1) is 0 Å². The molecule has 3 aromatic rings. The third-order valence-corrected chi connectivity index (χ3v) is 3.57. The summed E-state index contributed by atoms with van der Waals surface area (Å²) in [4.78, 5) is 4.82. The average molecular weight is 300 g/mol. The predicted octanol–water partition coefficient (Wildman–Crippen LogP) is 5.49. The van der Waals surface area contributed by atoms with Crippen LogP contribution in [0, 0.1) is 13.8 Å². The summed E-state index contributed by atoms with van der Waals surface area (Å²) in [5.74, 6) is 0.849. The second-order valence-corrected chi connectivity index (χ2v) is 5.66. The Morgan fingerprint density at radius 1 is 0.739 bits per heavy atom.